The van der Waals surface area contributed by atoms with Crippen molar-refractivity contribution in [2.75, 3.05) is 34.7 Å². The molecular formula is C86H132O15Si3. The molecule has 15 nitrogen and oxygen atoms in total. The van der Waals surface area contributed by atoms with Crippen LogP contribution in [0.15, 0.2) is 151 Å². The molecule has 3 aliphatic heterocycles. The first-order chi connectivity index (χ1) is 49.1. The molecule has 0 amide bonds. The third-order valence-corrected chi connectivity index (χ3v) is 36.5. The van der Waals surface area contributed by atoms with Gasteiger partial charge in [0.2, 0.25) is 5.79 Å². The summed E-state index contributed by atoms with van der Waals surface area (Å²) in [5, 5.41) is 2.13. The zero-order valence-electron chi connectivity index (χ0n) is 67.2. The number of methoxy groups -OCH3 is 3. The Morgan fingerprint density at radius 1 is 0.663 bits per heavy atom. The lowest BCUT2D eigenvalue weighted by Gasteiger charge is -2.53. The third kappa shape index (κ3) is 24.0. The molecule has 7 rings (SSSR count). The van der Waals surface area contributed by atoms with E-state index in [0.29, 0.717) is 70.3 Å². The van der Waals surface area contributed by atoms with E-state index in [4.69, 9.17) is 60.6 Å². The first-order valence-electron chi connectivity index (χ1n) is 38.5. The molecule has 0 unspecified atom stereocenters. The highest BCUT2D eigenvalue weighted by molar-refractivity contribution is 6.99. The molecule has 3 aliphatic rings. The van der Waals surface area contributed by atoms with Crippen LogP contribution in [-0.2, 0) is 78.7 Å². The Labute approximate surface area is 629 Å². The highest BCUT2D eigenvalue weighted by Crippen LogP contribution is 2.50. The number of carbonyl (C=O) groups excluding carboxylic acids is 2. The molecule has 0 bridgehead atoms. The van der Waals surface area contributed by atoms with E-state index < -0.39 is 78.6 Å². The second-order valence-corrected chi connectivity index (χ2v) is 47.8. The first kappa shape index (κ1) is 86.3. The fourth-order valence-electron chi connectivity index (χ4n) is 14.4. The van der Waals surface area contributed by atoms with Crippen LogP contribution in [0.3, 0.4) is 0 Å². The number of ether oxygens (including phenoxy) is 10. The molecule has 3 heterocycles. The predicted molar refractivity (Wildman–Crippen MR) is 425 cm³/mol. The van der Waals surface area contributed by atoms with Crippen LogP contribution in [0.5, 0.6) is 5.75 Å². The smallest absolute Gasteiger partial charge is 0.330 e. The van der Waals surface area contributed by atoms with Crippen LogP contribution >= 0.6 is 0 Å². The van der Waals surface area contributed by atoms with Crippen LogP contribution in [0, 0.1) is 5.41 Å². The van der Waals surface area contributed by atoms with Crippen LogP contribution in [0.25, 0.3) is 0 Å². The molecule has 3 fully saturated rings. The third-order valence-electron chi connectivity index (χ3n) is 22.4. The van der Waals surface area contributed by atoms with Crippen LogP contribution in [-0.4, -0.2) is 138 Å². The molecule has 3 saturated heterocycles. The summed E-state index contributed by atoms with van der Waals surface area (Å²) in [4.78, 5) is 28.0. The highest BCUT2D eigenvalue weighted by Gasteiger charge is 2.60. The lowest BCUT2D eigenvalue weighted by molar-refractivity contribution is -0.338. The van der Waals surface area contributed by atoms with Crippen molar-refractivity contribution in [2.24, 2.45) is 5.41 Å². The molecule has 0 aliphatic carbocycles. The SMILES string of the molecule is C=C1C[C@@H](C[C@H]2C[C@@H](O[Si](C)(C)C(C)(C)C)C[C@@H](C[C@H](CCO[Si](c3ccccc3)(c3ccccc3)C(C)(C)C)OCc3ccc(OC)cc3)O2)O[C@@H](/C=C/C(C)(C)[C@]2(OC)O[C@H](C[C@@H](O[Si](C)(C)C(C)(C)C)[C@@H](C)OCOCc3ccccc3)C/C(=C\C(=O)OC)[C@@H]2OC(=O)CCCCCCC)C1. The number of rotatable bonds is 38. The summed E-state index contributed by atoms with van der Waals surface area (Å²) in [7, 11) is -2.95. The van der Waals surface area contributed by atoms with Gasteiger partial charge in [-0.05, 0) is 139 Å². The molecule has 0 saturated carbocycles. The largest absolute Gasteiger partial charge is 0.497 e. The Hall–Kier alpha value is -4.91. The van der Waals surface area contributed by atoms with E-state index in [9.17, 15) is 9.59 Å². The zero-order chi connectivity index (χ0) is 76.2. The van der Waals surface area contributed by atoms with Gasteiger partial charge in [-0.2, -0.15) is 0 Å². The minimum Gasteiger partial charge on any atom is -0.497 e. The number of carbonyl (C=O) groups is 2. The van der Waals surface area contributed by atoms with E-state index in [2.05, 4.69) is 187 Å². The van der Waals surface area contributed by atoms with Crippen molar-refractivity contribution < 1.29 is 70.2 Å². The maximum Gasteiger partial charge on any atom is 0.330 e. The average Bonchev–Trinajstić information content (AvgIpc) is 0.740. The summed E-state index contributed by atoms with van der Waals surface area (Å²) < 4.78 is 88.3. The summed E-state index contributed by atoms with van der Waals surface area (Å²) in [5.74, 6) is -1.88. The van der Waals surface area contributed by atoms with E-state index in [1.165, 1.54) is 23.6 Å². The molecule has 4 aromatic rings. The lowest BCUT2D eigenvalue weighted by Crippen LogP contribution is -2.66. The van der Waals surface area contributed by atoms with Crippen LogP contribution in [0.2, 0.25) is 41.3 Å². The van der Waals surface area contributed by atoms with E-state index in [-0.39, 0.29) is 65.3 Å². The molecule has 4 aromatic carbocycles. The highest BCUT2D eigenvalue weighted by atomic mass is 28.4. The molecule has 0 radical (unpaired) electrons. The summed E-state index contributed by atoms with van der Waals surface area (Å²) in [6.07, 6.45) is 11.8. The molecular weight excluding hydrogens is 1360 g/mol. The van der Waals surface area contributed by atoms with E-state index in [0.717, 1.165) is 61.0 Å². The van der Waals surface area contributed by atoms with E-state index >= 15 is 0 Å². The van der Waals surface area contributed by atoms with Crippen molar-refractivity contribution >= 4 is 47.3 Å². The van der Waals surface area contributed by atoms with Gasteiger partial charge in [0.15, 0.2) is 22.7 Å². The molecule has 0 spiro atoms. The quantitative estimate of drug-likeness (QED) is 0.0104. The molecule has 578 valence electrons. The summed E-state index contributed by atoms with van der Waals surface area (Å²) in [5.41, 5.74) is 2.63. The summed E-state index contributed by atoms with van der Waals surface area (Å²) >= 11 is 0. The summed E-state index contributed by atoms with van der Waals surface area (Å²) in [6, 6.07) is 39.8. The fraction of sp³-hybridized carbons (Fsp3) is 0.628. The van der Waals surface area contributed by atoms with Gasteiger partial charge >= 0.3 is 11.9 Å². The Bertz CT molecular complexity index is 3260. The number of benzene rings is 4. The van der Waals surface area contributed by atoms with Gasteiger partial charge in [0, 0.05) is 50.6 Å². The molecule has 18 heteroatoms. The Morgan fingerprint density at radius 2 is 1.27 bits per heavy atom. The van der Waals surface area contributed by atoms with Gasteiger partial charge in [0.05, 0.1) is 76.3 Å². The van der Waals surface area contributed by atoms with Crippen molar-refractivity contribution in [1.29, 1.82) is 0 Å². The van der Waals surface area contributed by atoms with Gasteiger partial charge in [-0.25, -0.2) is 4.79 Å². The van der Waals surface area contributed by atoms with Gasteiger partial charge in [-0.1, -0.05) is 236 Å². The van der Waals surface area contributed by atoms with Gasteiger partial charge in [-0.3, -0.25) is 4.79 Å². The average molecular weight is 1490 g/mol. The second-order valence-electron chi connectivity index (χ2n) is 34.0. The van der Waals surface area contributed by atoms with E-state index in [1.807, 2.05) is 63.2 Å². The second kappa shape index (κ2) is 38.9. The fourth-order valence-corrected chi connectivity index (χ4v) is 21.8. The number of hydrogen-bond donors (Lipinski definition) is 0. The zero-order valence-corrected chi connectivity index (χ0v) is 70.2. The van der Waals surface area contributed by atoms with Crippen molar-refractivity contribution in [3.63, 3.8) is 0 Å². The number of hydrogen-bond acceptors (Lipinski definition) is 15. The molecule has 11 atom stereocenters. The van der Waals surface area contributed by atoms with Crippen molar-refractivity contribution in [1.82, 2.24) is 0 Å². The number of esters is 2. The minimum absolute atomic E-state index is 0.0104. The Kier molecular flexibility index (Phi) is 32.3. The first-order valence-corrected chi connectivity index (χ1v) is 46.3. The van der Waals surface area contributed by atoms with Crippen molar-refractivity contribution in [3.8, 4) is 5.75 Å². The number of unbranched alkanes of at least 4 members (excludes halogenated alkanes) is 4. The molecule has 0 aromatic heterocycles. The Morgan fingerprint density at radius 3 is 1.86 bits per heavy atom. The van der Waals surface area contributed by atoms with Crippen LogP contribution in [0.1, 0.15) is 197 Å². The van der Waals surface area contributed by atoms with Crippen molar-refractivity contribution in [2.45, 2.75) is 308 Å². The molecule has 104 heavy (non-hydrogen) atoms. The summed E-state index contributed by atoms with van der Waals surface area (Å²) in [6.45, 7) is 43.9. The van der Waals surface area contributed by atoms with Crippen molar-refractivity contribution in [3.05, 3.63) is 162 Å². The van der Waals surface area contributed by atoms with Gasteiger partial charge in [0.1, 0.15) is 12.5 Å². The maximum atomic E-state index is 14.3. The monoisotopic (exact) mass is 1490 g/mol. The minimum atomic E-state index is -2.86. The van der Waals surface area contributed by atoms with E-state index in [1.54, 1.807) is 14.2 Å². The van der Waals surface area contributed by atoms with Crippen LogP contribution < -0.4 is 15.1 Å². The Balaban J connectivity index is 1.18. The van der Waals surface area contributed by atoms with Gasteiger partial charge in [0.25, 0.3) is 8.32 Å². The maximum absolute atomic E-state index is 14.3. The van der Waals surface area contributed by atoms with Crippen LogP contribution in [0.4, 0.5) is 0 Å². The predicted octanol–water partition coefficient (Wildman–Crippen LogP) is 18.8. The van der Waals surface area contributed by atoms with Gasteiger partial charge in [-0.15, -0.1) is 0 Å². The standard InChI is InChI=1S/C86H132O15Si3/c1-22-23-24-25-35-42-79(87)98-81-67(54-80(88)90-16)53-74(59-78(101-103(20,21)83(7,8)9)64(3)94-62-92-60-65-36-29-26-30-37-65)99-86(81,91-17)85(13,14)49-47-70-51-63(2)52-71(96-70)56-73-58-75(100-102(18,19)82(4,5)6)57-72(97-73)55-69(93-61-66-43-45-68(89-15)46-44-66)48-50-95-104(84(10,11)12,76-38-31-27-32-39-76)77-40-33-28-34-41-77/h26-34,36-41,43-47,49,54,64,69-75,78,81H,2,22-25,35,42,48,50-53,55-62H2,1,3-21H3/b49-47+,67-54+/t64-,69+,70+,71+,72-,73+,74+,75+,78-,81+,86-/m1/s1. The topological polar surface area (TPSA) is 154 Å². The lowest BCUT2D eigenvalue weighted by atomic mass is 9.73. The van der Waals surface area contributed by atoms with Gasteiger partial charge < -0.3 is 60.6 Å². The molecule has 0 N–H and O–H groups in total. The normalized spacial score (nSPS) is 23.2.